The molecule has 0 saturated carbocycles. The molecule has 0 heterocycles. The van der Waals surface area contributed by atoms with Gasteiger partial charge < -0.3 is 15.4 Å². The number of ether oxygens (including phenoxy) is 1. The summed E-state index contributed by atoms with van der Waals surface area (Å²) in [6, 6.07) is 15.3. The topological polar surface area (TPSA) is 79.8 Å². The molecule has 0 saturated heterocycles. The van der Waals surface area contributed by atoms with Crippen molar-refractivity contribution in [1.82, 2.24) is 10.6 Å². The first-order valence-corrected chi connectivity index (χ1v) is 12.2. The lowest BCUT2D eigenvalue weighted by atomic mass is 10.1. The molecule has 0 aliphatic heterocycles. The Kier molecular flexibility index (Phi) is 12.1. The number of benzene rings is 2. The van der Waals surface area contributed by atoms with Crippen molar-refractivity contribution in [2.75, 3.05) is 19.3 Å². The summed E-state index contributed by atoms with van der Waals surface area (Å²) in [4.78, 5) is 5.01. The van der Waals surface area contributed by atoms with Crippen LogP contribution >= 0.6 is 24.0 Å². The summed E-state index contributed by atoms with van der Waals surface area (Å²) >= 11 is 0. The number of hydrogen-bond acceptors (Lipinski definition) is 4. The number of halogens is 1. The van der Waals surface area contributed by atoms with Gasteiger partial charge in [0.2, 0.25) is 0 Å². The minimum Gasteiger partial charge on any atom is -0.374 e. The van der Waals surface area contributed by atoms with Gasteiger partial charge in [-0.1, -0.05) is 36.4 Å². The smallest absolute Gasteiger partial charge is 0.191 e. The zero-order valence-corrected chi connectivity index (χ0v) is 21.9. The molecule has 172 valence electrons. The van der Waals surface area contributed by atoms with E-state index in [1.54, 1.807) is 12.1 Å². The largest absolute Gasteiger partial charge is 0.374 e. The maximum Gasteiger partial charge on any atom is 0.191 e. The zero-order chi connectivity index (χ0) is 22.0. The summed E-state index contributed by atoms with van der Waals surface area (Å²) in [5, 5.41) is 6.59. The van der Waals surface area contributed by atoms with Gasteiger partial charge in [-0.25, -0.2) is 13.4 Å². The maximum atomic E-state index is 11.6. The van der Waals surface area contributed by atoms with E-state index in [-0.39, 0.29) is 30.1 Å². The molecule has 8 heteroatoms. The molecule has 0 spiro atoms. The molecule has 2 N–H and O–H groups in total. The van der Waals surface area contributed by atoms with Crippen LogP contribution in [0.4, 0.5) is 0 Å². The average molecular weight is 560 g/mol. The molecule has 31 heavy (non-hydrogen) atoms. The Labute approximate surface area is 203 Å². The second-order valence-electron chi connectivity index (χ2n) is 7.47. The van der Waals surface area contributed by atoms with E-state index in [9.17, 15) is 8.42 Å². The van der Waals surface area contributed by atoms with Crippen molar-refractivity contribution in [2.24, 2.45) is 4.99 Å². The fraction of sp³-hybridized carbons (Fsp3) is 0.435. The molecule has 0 amide bonds. The highest BCUT2D eigenvalue weighted by atomic mass is 127. The van der Waals surface area contributed by atoms with E-state index >= 15 is 0 Å². The average Bonchev–Trinajstić information content (AvgIpc) is 2.70. The van der Waals surface area contributed by atoms with Crippen LogP contribution in [0.1, 0.15) is 37.5 Å². The number of guanidine groups is 1. The minimum atomic E-state index is -3.16. The normalized spacial score (nSPS) is 11.8. The third-order valence-electron chi connectivity index (χ3n) is 4.40. The van der Waals surface area contributed by atoms with Crippen molar-refractivity contribution in [3.8, 4) is 0 Å². The number of nitrogens with zero attached hydrogens (tertiary/aromatic N) is 1. The zero-order valence-electron chi connectivity index (χ0n) is 18.7. The van der Waals surface area contributed by atoms with Gasteiger partial charge in [-0.2, -0.15) is 0 Å². The van der Waals surface area contributed by atoms with E-state index < -0.39 is 9.84 Å². The van der Waals surface area contributed by atoms with Crippen LogP contribution in [-0.2, 0) is 34.1 Å². The highest BCUT2D eigenvalue weighted by molar-refractivity contribution is 14.0. The molecule has 0 aliphatic carbocycles. The van der Waals surface area contributed by atoms with Gasteiger partial charge in [0.15, 0.2) is 15.8 Å². The van der Waals surface area contributed by atoms with E-state index in [2.05, 4.69) is 33.8 Å². The summed E-state index contributed by atoms with van der Waals surface area (Å²) in [5.41, 5.74) is 3.35. The van der Waals surface area contributed by atoms with E-state index in [0.29, 0.717) is 24.6 Å². The third kappa shape index (κ3) is 10.5. The Balaban J connectivity index is 0.00000480. The number of rotatable bonds is 10. The van der Waals surface area contributed by atoms with Crippen molar-refractivity contribution in [1.29, 1.82) is 0 Å². The van der Waals surface area contributed by atoms with Crippen LogP contribution in [0, 0.1) is 0 Å². The van der Waals surface area contributed by atoms with Gasteiger partial charge in [-0.3, -0.25) is 0 Å². The number of aliphatic imine (C=N–C) groups is 1. The highest BCUT2D eigenvalue weighted by Crippen LogP contribution is 2.11. The van der Waals surface area contributed by atoms with Crippen molar-refractivity contribution in [2.45, 2.75) is 51.3 Å². The fourth-order valence-corrected chi connectivity index (χ4v) is 3.45. The second kappa shape index (κ2) is 13.7. The van der Waals surface area contributed by atoms with Crippen LogP contribution in [0.2, 0.25) is 0 Å². The summed E-state index contributed by atoms with van der Waals surface area (Å²) in [6.45, 7) is 8.75. The molecule has 0 unspecified atom stereocenters. The van der Waals surface area contributed by atoms with Crippen LogP contribution in [0.25, 0.3) is 0 Å². The molecule has 0 aliphatic rings. The van der Waals surface area contributed by atoms with Crippen molar-refractivity contribution in [3.63, 3.8) is 0 Å². The molecular formula is C23H34IN3O3S. The van der Waals surface area contributed by atoms with Crippen LogP contribution in [0.15, 0.2) is 58.4 Å². The first kappa shape index (κ1) is 27.4. The first-order valence-electron chi connectivity index (χ1n) is 10.3. The lowest BCUT2D eigenvalue weighted by molar-refractivity contribution is 0.0657. The lowest BCUT2D eigenvalue weighted by Gasteiger charge is -2.12. The Morgan fingerprint density at radius 1 is 1.03 bits per heavy atom. The molecule has 0 radical (unpaired) electrons. The van der Waals surface area contributed by atoms with Gasteiger partial charge >= 0.3 is 0 Å². The van der Waals surface area contributed by atoms with Crippen LogP contribution in [0.5, 0.6) is 0 Å². The van der Waals surface area contributed by atoms with Gasteiger partial charge in [0, 0.05) is 19.3 Å². The predicted octanol–water partition coefficient (Wildman–Crippen LogP) is 3.93. The molecule has 2 rings (SSSR count). The molecule has 0 bridgehead atoms. The first-order chi connectivity index (χ1) is 14.3. The predicted molar refractivity (Wildman–Crippen MR) is 138 cm³/mol. The van der Waals surface area contributed by atoms with Gasteiger partial charge in [-0.15, -0.1) is 24.0 Å². The van der Waals surface area contributed by atoms with Gasteiger partial charge in [0.1, 0.15) is 0 Å². The van der Waals surface area contributed by atoms with Gasteiger partial charge in [0.05, 0.1) is 24.2 Å². The molecular weight excluding hydrogens is 525 g/mol. The van der Waals surface area contributed by atoms with Crippen LogP contribution in [-0.4, -0.2) is 39.8 Å². The second-order valence-corrected chi connectivity index (χ2v) is 9.48. The summed E-state index contributed by atoms with van der Waals surface area (Å²) in [7, 11) is -3.16. The minimum absolute atomic E-state index is 0. The number of sulfone groups is 1. The molecule has 0 aromatic heterocycles. The number of nitrogens with one attached hydrogen (secondary N) is 2. The van der Waals surface area contributed by atoms with Gasteiger partial charge in [0.25, 0.3) is 0 Å². The summed E-state index contributed by atoms with van der Waals surface area (Å²) < 4.78 is 28.8. The van der Waals surface area contributed by atoms with E-state index in [1.807, 2.05) is 39.0 Å². The standard InChI is InChI=1S/C23H33N3O3S.HI/c1-5-24-23(25-14-13-19-9-11-22(12-10-19)30(4,27)28)26-16-20-7-6-8-21(15-20)17-29-18(2)3;/h6-12,15,18H,5,13-14,16-17H2,1-4H3,(H2,24,25,26);1H. The van der Waals surface area contributed by atoms with Crippen molar-refractivity contribution in [3.05, 3.63) is 65.2 Å². The SMILES string of the molecule is CCNC(=NCc1cccc(COC(C)C)c1)NCCc1ccc(S(C)(=O)=O)cc1.I. The molecule has 0 atom stereocenters. The Morgan fingerprint density at radius 2 is 1.71 bits per heavy atom. The van der Waals surface area contributed by atoms with Gasteiger partial charge in [-0.05, 0) is 56.0 Å². The quantitative estimate of drug-likeness (QED) is 0.262. The fourth-order valence-electron chi connectivity index (χ4n) is 2.82. The van der Waals surface area contributed by atoms with E-state index in [0.717, 1.165) is 35.6 Å². The highest BCUT2D eigenvalue weighted by Gasteiger charge is 2.06. The molecule has 0 fully saturated rings. The molecule has 2 aromatic rings. The summed E-state index contributed by atoms with van der Waals surface area (Å²) in [6.07, 6.45) is 2.20. The monoisotopic (exact) mass is 559 g/mol. The molecule has 6 nitrogen and oxygen atoms in total. The van der Waals surface area contributed by atoms with Crippen molar-refractivity contribution < 1.29 is 13.2 Å². The number of hydrogen-bond donors (Lipinski definition) is 2. The third-order valence-corrected chi connectivity index (χ3v) is 5.52. The van der Waals surface area contributed by atoms with Crippen molar-refractivity contribution >= 4 is 39.8 Å². The van der Waals surface area contributed by atoms with Crippen LogP contribution in [0.3, 0.4) is 0 Å². The Hall–Kier alpha value is -1.65. The van der Waals surface area contributed by atoms with Crippen LogP contribution < -0.4 is 10.6 Å². The summed E-state index contributed by atoms with van der Waals surface area (Å²) in [5.74, 6) is 0.758. The van der Waals surface area contributed by atoms with E-state index in [4.69, 9.17) is 4.74 Å². The molecule has 2 aromatic carbocycles. The Bertz CT molecular complexity index is 929. The lowest BCUT2D eigenvalue weighted by Crippen LogP contribution is -2.38. The Morgan fingerprint density at radius 3 is 2.32 bits per heavy atom. The maximum absolute atomic E-state index is 11.6. The van der Waals surface area contributed by atoms with E-state index in [1.165, 1.54) is 6.26 Å².